The van der Waals surface area contributed by atoms with E-state index < -0.39 is 0 Å². The number of rotatable bonds is 3. The fourth-order valence-electron chi connectivity index (χ4n) is 1.40. The minimum absolute atomic E-state index is 0.00344. The molecule has 2 aromatic rings. The van der Waals surface area contributed by atoms with Crippen molar-refractivity contribution >= 4 is 40.4 Å². The van der Waals surface area contributed by atoms with E-state index in [1.54, 1.807) is 6.07 Å². The Morgan fingerprint density at radius 3 is 2.72 bits per heavy atom. The zero-order chi connectivity index (χ0) is 13.1. The van der Waals surface area contributed by atoms with Crippen LogP contribution in [-0.4, -0.2) is 11.0 Å². The van der Waals surface area contributed by atoms with Crippen molar-refractivity contribution in [3.05, 3.63) is 50.1 Å². The summed E-state index contributed by atoms with van der Waals surface area (Å²) in [6.45, 7) is 0.377. The molecule has 0 atom stereocenters. The van der Waals surface area contributed by atoms with Crippen LogP contribution in [0.1, 0.15) is 15.2 Å². The molecule has 0 aliphatic heterocycles. The largest absolute Gasteiger partial charge is 0.508 e. The number of thiophene rings is 1. The van der Waals surface area contributed by atoms with Crippen LogP contribution < -0.4 is 5.32 Å². The molecule has 18 heavy (non-hydrogen) atoms. The molecule has 0 aliphatic carbocycles. The Bertz CT molecular complexity index is 583. The number of carbonyl (C=O) groups excluding carboxylic acids is 1. The summed E-state index contributed by atoms with van der Waals surface area (Å²) in [5, 5.41) is 12.3. The van der Waals surface area contributed by atoms with Gasteiger partial charge in [0.05, 0.1) is 21.5 Å². The van der Waals surface area contributed by atoms with Crippen LogP contribution in [0.4, 0.5) is 0 Å². The zero-order valence-corrected chi connectivity index (χ0v) is 11.4. The number of nitrogens with one attached hydrogen (secondary N) is 1. The Morgan fingerprint density at radius 2 is 2.06 bits per heavy atom. The fourth-order valence-corrected chi connectivity index (χ4v) is 2.63. The maximum Gasteiger partial charge on any atom is 0.253 e. The number of hydrogen-bond donors (Lipinski definition) is 2. The van der Waals surface area contributed by atoms with Crippen molar-refractivity contribution in [2.75, 3.05) is 0 Å². The Kier molecular flexibility index (Phi) is 4.11. The van der Waals surface area contributed by atoms with E-state index in [2.05, 4.69) is 5.32 Å². The van der Waals surface area contributed by atoms with Gasteiger partial charge >= 0.3 is 0 Å². The van der Waals surface area contributed by atoms with Crippen molar-refractivity contribution in [3.8, 4) is 5.75 Å². The predicted octanol–water partition coefficient (Wildman–Crippen LogP) is 3.69. The molecule has 1 aromatic carbocycles. The van der Waals surface area contributed by atoms with Crippen LogP contribution in [0.2, 0.25) is 9.36 Å². The maximum absolute atomic E-state index is 11.9. The zero-order valence-electron chi connectivity index (χ0n) is 9.11. The lowest BCUT2D eigenvalue weighted by molar-refractivity contribution is 0.0951. The molecule has 2 rings (SSSR count). The van der Waals surface area contributed by atoms with Crippen molar-refractivity contribution in [1.29, 1.82) is 0 Å². The van der Waals surface area contributed by atoms with Crippen molar-refractivity contribution in [2.24, 2.45) is 0 Å². The number of hydrogen-bond acceptors (Lipinski definition) is 3. The summed E-state index contributed by atoms with van der Waals surface area (Å²) in [5.41, 5.74) is 0.249. The van der Waals surface area contributed by atoms with E-state index in [1.807, 2.05) is 6.07 Å². The molecule has 3 nitrogen and oxygen atoms in total. The second-order valence-electron chi connectivity index (χ2n) is 3.55. The van der Waals surface area contributed by atoms with Gasteiger partial charge in [0.1, 0.15) is 5.75 Å². The first-order valence-electron chi connectivity index (χ1n) is 5.07. The number of phenols is 1. The van der Waals surface area contributed by atoms with Gasteiger partial charge in [0.15, 0.2) is 0 Å². The third kappa shape index (κ3) is 3.16. The van der Waals surface area contributed by atoms with E-state index >= 15 is 0 Å². The third-order valence-corrected chi connectivity index (χ3v) is 3.81. The molecule has 0 aliphatic rings. The number of carbonyl (C=O) groups is 1. The lowest BCUT2D eigenvalue weighted by Crippen LogP contribution is -2.22. The SMILES string of the molecule is O=C(NCc1ccc(Cl)s1)c1cc(O)ccc1Cl. The van der Waals surface area contributed by atoms with E-state index in [-0.39, 0.29) is 17.2 Å². The van der Waals surface area contributed by atoms with Crippen molar-refractivity contribution in [3.63, 3.8) is 0 Å². The average Bonchev–Trinajstić information content (AvgIpc) is 2.75. The number of halogens is 2. The number of phenolic OH excluding ortho intramolecular Hbond substituents is 1. The molecule has 0 spiro atoms. The lowest BCUT2D eigenvalue weighted by atomic mass is 10.2. The lowest BCUT2D eigenvalue weighted by Gasteiger charge is -2.06. The average molecular weight is 302 g/mol. The Hall–Kier alpha value is -1.23. The van der Waals surface area contributed by atoms with Crippen LogP contribution in [0.5, 0.6) is 5.75 Å². The van der Waals surface area contributed by atoms with Gasteiger partial charge in [0.2, 0.25) is 0 Å². The highest BCUT2D eigenvalue weighted by molar-refractivity contribution is 7.16. The summed E-state index contributed by atoms with van der Waals surface area (Å²) in [6, 6.07) is 7.86. The minimum Gasteiger partial charge on any atom is -0.508 e. The first-order valence-corrected chi connectivity index (χ1v) is 6.64. The van der Waals surface area contributed by atoms with Gasteiger partial charge in [-0.1, -0.05) is 23.2 Å². The van der Waals surface area contributed by atoms with Crippen LogP contribution >= 0.6 is 34.5 Å². The van der Waals surface area contributed by atoms with Crippen molar-refractivity contribution < 1.29 is 9.90 Å². The smallest absolute Gasteiger partial charge is 0.253 e. The predicted molar refractivity (Wildman–Crippen MR) is 73.6 cm³/mol. The molecular weight excluding hydrogens is 293 g/mol. The van der Waals surface area contributed by atoms with Crippen LogP contribution in [-0.2, 0) is 6.54 Å². The summed E-state index contributed by atoms with van der Waals surface area (Å²) in [7, 11) is 0. The molecular formula is C12H9Cl2NO2S. The van der Waals surface area contributed by atoms with Gasteiger partial charge in [-0.15, -0.1) is 11.3 Å². The van der Waals surface area contributed by atoms with Crippen LogP contribution in [0.25, 0.3) is 0 Å². The third-order valence-electron chi connectivity index (χ3n) is 2.25. The Morgan fingerprint density at radius 1 is 1.28 bits per heavy atom. The van der Waals surface area contributed by atoms with Crippen LogP contribution in [0.3, 0.4) is 0 Å². The summed E-state index contributed by atoms with van der Waals surface area (Å²) < 4.78 is 0.676. The van der Waals surface area contributed by atoms with Gasteiger partial charge in [-0.05, 0) is 30.3 Å². The molecule has 0 radical (unpaired) electrons. The maximum atomic E-state index is 11.9. The van der Waals surface area contributed by atoms with Gasteiger partial charge in [0.25, 0.3) is 5.91 Å². The normalized spacial score (nSPS) is 10.3. The van der Waals surface area contributed by atoms with Gasteiger partial charge in [-0.3, -0.25) is 4.79 Å². The molecule has 6 heteroatoms. The highest BCUT2D eigenvalue weighted by Gasteiger charge is 2.11. The van der Waals surface area contributed by atoms with E-state index in [4.69, 9.17) is 23.2 Å². The summed E-state index contributed by atoms with van der Waals surface area (Å²) in [4.78, 5) is 12.8. The van der Waals surface area contributed by atoms with E-state index in [0.717, 1.165) is 4.88 Å². The second kappa shape index (κ2) is 5.61. The molecule has 94 valence electrons. The quantitative estimate of drug-likeness (QED) is 0.908. The van der Waals surface area contributed by atoms with Crippen LogP contribution in [0, 0.1) is 0 Å². The number of aromatic hydroxyl groups is 1. The van der Waals surface area contributed by atoms with E-state index in [0.29, 0.717) is 15.9 Å². The molecule has 1 heterocycles. The topological polar surface area (TPSA) is 49.3 Å². The molecule has 1 aromatic heterocycles. The fraction of sp³-hybridized carbons (Fsp3) is 0.0833. The molecule has 0 fully saturated rings. The standard InChI is InChI=1S/C12H9Cl2NO2S/c13-10-3-1-7(16)5-9(10)12(17)15-6-8-2-4-11(14)18-8/h1-5,16H,6H2,(H,15,17). The Labute approximate surface area is 118 Å². The second-order valence-corrected chi connectivity index (χ2v) is 5.76. The highest BCUT2D eigenvalue weighted by Crippen LogP contribution is 2.23. The molecule has 0 bridgehead atoms. The Balaban J connectivity index is 2.05. The van der Waals surface area contributed by atoms with Crippen molar-refractivity contribution in [2.45, 2.75) is 6.54 Å². The van der Waals surface area contributed by atoms with Gasteiger partial charge in [-0.2, -0.15) is 0 Å². The highest BCUT2D eigenvalue weighted by atomic mass is 35.5. The summed E-state index contributed by atoms with van der Waals surface area (Å²) >= 11 is 13.1. The molecule has 0 saturated carbocycles. The van der Waals surface area contributed by atoms with E-state index in [9.17, 15) is 9.90 Å². The minimum atomic E-state index is -0.333. The summed E-state index contributed by atoms with van der Waals surface area (Å²) in [5.74, 6) is -0.329. The molecule has 1 amide bonds. The monoisotopic (exact) mass is 301 g/mol. The first kappa shape index (κ1) is 13.2. The summed E-state index contributed by atoms with van der Waals surface area (Å²) in [6.07, 6.45) is 0. The molecule has 0 unspecified atom stereocenters. The first-order chi connectivity index (χ1) is 8.56. The number of benzene rings is 1. The van der Waals surface area contributed by atoms with Gasteiger partial charge in [-0.25, -0.2) is 0 Å². The molecule has 0 saturated heterocycles. The molecule has 2 N–H and O–H groups in total. The van der Waals surface area contributed by atoms with Gasteiger partial charge in [0, 0.05) is 4.88 Å². The van der Waals surface area contributed by atoms with Gasteiger partial charge < -0.3 is 10.4 Å². The van der Waals surface area contributed by atoms with Crippen LogP contribution in [0.15, 0.2) is 30.3 Å². The number of amides is 1. The van der Waals surface area contributed by atoms with E-state index in [1.165, 1.54) is 29.5 Å². The van der Waals surface area contributed by atoms with Crippen molar-refractivity contribution in [1.82, 2.24) is 5.32 Å².